The SMILES string of the molecule is Cl/C=C/C[n+]1ccccc1.[Cl-]. The molecule has 0 aliphatic rings. The Morgan fingerprint density at radius 2 is 1.82 bits per heavy atom. The fourth-order valence-corrected chi connectivity index (χ4v) is 0.797. The van der Waals surface area contributed by atoms with Crippen LogP contribution in [0.25, 0.3) is 0 Å². The molecular formula is C8H9Cl2N. The van der Waals surface area contributed by atoms with Crippen molar-refractivity contribution in [2.45, 2.75) is 6.54 Å². The fourth-order valence-electron chi connectivity index (χ4n) is 0.718. The van der Waals surface area contributed by atoms with Crippen molar-refractivity contribution in [1.29, 1.82) is 0 Å². The van der Waals surface area contributed by atoms with Crippen LogP contribution in [0.4, 0.5) is 0 Å². The molecule has 0 N–H and O–H groups in total. The maximum absolute atomic E-state index is 5.36. The number of hydrogen-bond donors (Lipinski definition) is 0. The van der Waals surface area contributed by atoms with Gasteiger partial charge in [-0.25, -0.2) is 4.57 Å². The van der Waals surface area contributed by atoms with Crippen LogP contribution in [0.1, 0.15) is 0 Å². The third-order valence-electron chi connectivity index (χ3n) is 1.18. The smallest absolute Gasteiger partial charge is 0.169 e. The predicted molar refractivity (Wildman–Crippen MR) is 41.6 cm³/mol. The van der Waals surface area contributed by atoms with Crippen molar-refractivity contribution in [3.8, 4) is 0 Å². The van der Waals surface area contributed by atoms with E-state index in [0.29, 0.717) is 0 Å². The van der Waals surface area contributed by atoms with E-state index in [2.05, 4.69) is 0 Å². The molecule has 0 saturated carbocycles. The Balaban J connectivity index is 0.000001000. The van der Waals surface area contributed by atoms with Gasteiger partial charge in [0, 0.05) is 17.7 Å². The van der Waals surface area contributed by atoms with Crippen molar-refractivity contribution < 1.29 is 17.0 Å². The second-order valence-corrected chi connectivity index (χ2v) is 2.19. The molecule has 1 heterocycles. The van der Waals surface area contributed by atoms with Crippen molar-refractivity contribution in [2.75, 3.05) is 0 Å². The highest BCUT2D eigenvalue weighted by Gasteiger charge is 1.89. The van der Waals surface area contributed by atoms with Crippen LogP contribution in [-0.2, 0) is 6.54 Å². The molecule has 0 spiro atoms. The Kier molecular flexibility index (Phi) is 5.90. The lowest BCUT2D eigenvalue weighted by atomic mass is 10.5. The second kappa shape index (κ2) is 6.20. The Morgan fingerprint density at radius 1 is 1.18 bits per heavy atom. The molecule has 0 aliphatic carbocycles. The van der Waals surface area contributed by atoms with E-state index in [9.17, 15) is 0 Å². The second-order valence-electron chi connectivity index (χ2n) is 1.93. The van der Waals surface area contributed by atoms with Gasteiger partial charge in [-0.1, -0.05) is 17.7 Å². The van der Waals surface area contributed by atoms with Gasteiger partial charge in [0.25, 0.3) is 0 Å². The van der Waals surface area contributed by atoms with E-state index < -0.39 is 0 Å². The number of pyridine rings is 1. The van der Waals surface area contributed by atoms with Crippen molar-refractivity contribution in [3.05, 3.63) is 42.2 Å². The zero-order valence-corrected chi connectivity index (χ0v) is 7.46. The summed E-state index contributed by atoms with van der Waals surface area (Å²) >= 11 is 5.36. The van der Waals surface area contributed by atoms with E-state index in [1.807, 2.05) is 41.2 Å². The average molecular weight is 190 g/mol. The number of rotatable bonds is 2. The van der Waals surface area contributed by atoms with Crippen LogP contribution in [0.3, 0.4) is 0 Å². The minimum atomic E-state index is 0. The van der Waals surface area contributed by atoms with Crippen LogP contribution in [0.5, 0.6) is 0 Å². The maximum Gasteiger partial charge on any atom is 0.169 e. The van der Waals surface area contributed by atoms with Crippen LogP contribution < -0.4 is 17.0 Å². The van der Waals surface area contributed by atoms with Gasteiger partial charge in [-0.3, -0.25) is 0 Å². The first-order chi connectivity index (χ1) is 4.93. The summed E-state index contributed by atoms with van der Waals surface area (Å²) in [6, 6.07) is 5.96. The predicted octanol–water partition coefficient (Wildman–Crippen LogP) is -1.27. The van der Waals surface area contributed by atoms with Crippen LogP contribution in [0, 0.1) is 0 Å². The van der Waals surface area contributed by atoms with Gasteiger partial charge in [0.15, 0.2) is 18.9 Å². The molecule has 1 nitrogen and oxygen atoms in total. The lowest BCUT2D eigenvalue weighted by Crippen LogP contribution is -3.00. The van der Waals surface area contributed by atoms with Gasteiger partial charge in [0.1, 0.15) is 0 Å². The van der Waals surface area contributed by atoms with Crippen molar-refractivity contribution in [1.82, 2.24) is 0 Å². The van der Waals surface area contributed by atoms with E-state index in [0.717, 1.165) is 6.54 Å². The highest BCUT2D eigenvalue weighted by molar-refractivity contribution is 6.25. The Morgan fingerprint density at radius 3 is 2.36 bits per heavy atom. The Hall–Kier alpha value is -0.530. The fraction of sp³-hybridized carbons (Fsp3) is 0.125. The molecule has 60 valence electrons. The first kappa shape index (κ1) is 10.5. The molecule has 3 heteroatoms. The summed E-state index contributed by atoms with van der Waals surface area (Å²) in [4.78, 5) is 0. The summed E-state index contributed by atoms with van der Waals surface area (Å²) in [7, 11) is 0. The standard InChI is InChI=1S/C8H9ClN.ClH/c9-5-4-8-10-6-2-1-3-7-10;/h1-7H,8H2;1H/q+1;/p-1/b5-4+;. The molecule has 0 radical (unpaired) electrons. The first-order valence-corrected chi connectivity index (χ1v) is 3.56. The molecule has 0 saturated heterocycles. The van der Waals surface area contributed by atoms with Gasteiger partial charge < -0.3 is 12.4 Å². The molecule has 1 aromatic heterocycles. The summed E-state index contributed by atoms with van der Waals surface area (Å²) in [5.41, 5.74) is 1.53. The summed E-state index contributed by atoms with van der Waals surface area (Å²) in [5, 5.41) is 0. The highest BCUT2D eigenvalue weighted by atomic mass is 35.5. The largest absolute Gasteiger partial charge is 1.00 e. The van der Waals surface area contributed by atoms with Gasteiger partial charge in [-0.2, -0.15) is 0 Å². The molecule has 0 bridgehead atoms. The van der Waals surface area contributed by atoms with E-state index >= 15 is 0 Å². The molecule has 0 unspecified atom stereocenters. The molecule has 0 aliphatic heterocycles. The molecular weight excluding hydrogens is 181 g/mol. The van der Waals surface area contributed by atoms with Crippen LogP contribution in [0.15, 0.2) is 42.2 Å². The number of nitrogens with zero attached hydrogens (tertiary/aromatic N) is 1. The van der Waals surface area contributed by atoms with Crippen LogP contribution >= 0.6 is 11.6 Å². The Labute approximate surface area is 77.7 Å². The highest BCUT2D eigenvalue weighted by Crippen LogP contribution is 1.80. The molecule has 0 aromatic carbocycles. The number of allylic oxidation sites excluding steroid dienone is 1. The van der Waals surface area contributed by atoms with Crippen LogP contribution in [-0.4, -0.2) is 0 Å². The number of hydrogen-bond acceptors (Lipinski definition) is 0. The van der Waals surface area contributed by atoms with Crippen molar-refractivity contribution >= 4 is 11.6 Å². The summed E-state index contributed by atoms with van der Waals surface area (Å²) in [5.74, 6) is 0. The van der Waals surface area contributed by atoms with Gasteiger partial charge in [-0.15, -0.1) is 0 Å². The minimum Gasteiger partial charge on any atom is -1.00 e. The lowest BCUT2D eigenvalue weighted by molar-refractivity contribution is -0.687. The third kappa shape index (κ3) is 4.02. The van der Waals surface area contributed by atoms with Gasteiger partial charge in [0.05, 0.1) is 0 Å². The average Bonchev–Trinajstić information content (AvgIpc) is 2.03. The van der Waals surface area contributed by atoms with Crippen molar-refractivity contribution in [2.24, 2.45) is 0 Å². The third-order valence-corrected chi connectivity index (χ3v) is 1.36. The molecule has 11 heavy (non-hydrogen) atoms. The maximum atomic E-state index is 5.36. The molecule has 0 amide bonds. The molecule has 1 rings (SSSR count). The normalized spacial score (nSPS) is 9.55. The number of aromatic nitrogens is 1. The quantitative estimate of drug-likeness (QED) is 0.512. The zero-order valence-electron chi connectivity index (χ0n) is 5.95. The zero-order chi connectivity index (χ0) is 7.23. The van der Waals surface area contributed by atoms with E-state index in [1.54, 1.807) is 0 Å². The molecule has 0 fully saturated rings. The van der Waals surface area contributed by atoms with Gasteiger partial charge >= 0.3 is 0 Å². The molecule has 0 atom stereocenters. The Bertz CT molecular complexity index is 209. The monoisotopic (exact) mass is 189 g/mol. The molecule has 1 aromatic rings. The minimum absolute atomic E-state index is 0. The first-order valence-electron chi connectivity index (χ1n) is 3.13. The number of halogens is 2. The van der Waals surface area contributed by atoms with E-state index in [1.165, 1.54) is 5.54 Å². The van der Waals surface area contributed by atoms with E-state index in [4.69, 9.17) is 11.6 Å². The van der Waals surface area contributed by atoms with Gasteiger partial charge in [0.2, 0.25) is 0 Å². The summed E-state index contributed by atoms with van der Waals surface area (Å²) in [6.07, 6.45) is 5.88. The van der Waals surface area contributed by atoms with Gasteiger partial charge in [-0.05, 0) is 6.08 Å². The lowest BCUT2D eigenvalue weighted by Gasteiger charge is -1.86. The van der Waals surface area contributed by atoms with Crippen molar-refractivity contribution in [3.63, 3.8) is 0 Å². The summed E-state index contributed by atoms with van der Waals surface area (Å²) < 4.78 is 2.04. The van der Waals surface area contributed by atoms with Crippen LogP contribution in [0.2, 0.25) is 0 Å². The van der Waals surface area contributed by atoms with E-state index in [-0.39, 0.29) is 12.4 Å². The summed E-state index contributed by atoms with van der Waals surface area (Å²) in [6.45, 7) is 0.838. The topological polar surface area (TPSA) is 3.88 Å².